The molecule has 0 saturated carbocycles. The van der Waals surface area contributed by atoms with E-state index in [0.717, 1.165) is 17.9 Å². The molecule has 7 heteroatoms. The number of fused-ring (bicyclic) bond motifs is 1. The molecule has 0 unspecified atom stereocenters. The molecule has 0 aromatic carbocycles. The zero-order chi connectivity index (χ0) is 14.0. The lowest BCUT2D eigenvalue weighted by molar-refractivity contribution is 0.0885. The van der Waals surface area contributed by atoms with Gasteiger partial charge >= 0.3 is 0 Å². The summed E-state index contributed by atoms with van der Waals surface area (Å²) in [6.45, 7) is 6.71. The molecular formula is C12H20N6O. The van der Waals surface area contributed by atoms with Crippen LogP contribution < -0.4 is 10.2 Å². The van der Waals surface area contributed by atoms with Gasteiger partial charge in [0.25, 0.3) is 0 Å². The number of hydrogen-bond acceptors (Lipinski definition) is 6. The van der Waals surface area contributed by atoms with E-state index in [1.165, 1.54) is 0 Å². The molecule has 2 heterocycles. The fourth-order valence-electron chi connectivity index (χ4n) is 1.99. The van der Waals surface area contributed by atoms with Gasteiger partial charge in [0.15, 0.2) is 11.5 Å². The molecule has 0 aliphatic heterocycles. The Kier molecular flexibility index (Phi) is 3.57. The lowest BCUT2D eigenvalue weighted by atomic mass is 10.1. The largest absolute Gasteiger partial charge is 0.389 e. The number of likely N-dealkylation sites (N-methyl/N-ethyl adjacent to an activating group) is 1. The maximum absolute atomic E-state index is 9.92. The van der Waals surface area contributed by atoms with Gasteiger partial charge in [0.1, 0.15) is 5.52 Å². The van der Waals surface area contributed by atoms with E-state index >= 15 is 0 Å². The minimum absolute atomic E-state index is 0.462. The van der Waals surface area contributed by atoms with Crippen LogP contribution in [-0.2, 0) is 0 Å². The van der Waals surface area contributed by atoms with Crippen LogP contribution in [-0.4, -0.2) is 50.8 Å². The van der Waals surface area contributed by atoms with Crippen LogP contribution in [0.5, 0.6) is 0 Å². The van der Waals surface area contributed by atoms with Crippen LogP contribution >= 0.6 is 0 Å². The van der Waals surface area contributed by atoms with Crippen molar-refractivity contribution >= 4 is 22.9 Å². The van der Waals surface area contributed by atoms with E-state index in [1.54, 1.807) is 20.2 Å². The van der Waals surface area contributed by atoms with Gasteiger partial charge in [-0.05, 0) is 20.8 Å². The first-order valence-corrected chi connectivity index (χ1v) is 6.29. The highest BCUT2D eigenvalue weighted by atomic mass is 16.3. The van der Waals surface area contributed by atoms with Gasteiger partial charge in [0, 0.05) is 20.1 Å². The van der Waals surface area contributed by atoms with E-state index in [9.17, 15) is 5.11 Å². The quantitative estimate of drug-likeness (QED) is 0.746. The Morgan fingerprint density at radius 2 is 2.16 bits per heavy atom. The average Bonchev–Trinajstić information content (AvgIpc) is 2.73. The summed E-state index contributed by atoms with van der Waals surface area (Å²) in [5.74, 6) is 1.26. The predicted molar refractivity (Wildman–Crippen MR) is 75.4 cm³/mol. The lowest BCUT2D eigenvalue weighted by Gasteiger charge is -2.26. The van der Waals surface area contributed by atoms with Crippen LogP contribution in [0.4, 0.5) is 11.8 Å². The van der Waals surface area contributed by atoms with Crippen molar-refractivity contribution in [1.82, 2.24) is 19.9 Å². The summed E-state index contributed by atoms with van der Waals surface area (Å²) < 4.78 is 0. The van der Waals surface area contributed by atoms with E-state index in [2.05, 4.69) is 25.3 Å². The number of imidazole rings is 1. The molecule has 0 spiro atoms. The van der Waals surface area contributed by atoms with Crippen molar-refractivity contribution in [3.05, 3.63) is 6.33 Å². The molecular weight excluding hydrogens is 244 g/mol. The number of aliphatic hydroxyl groups is 1. The summed E-state index contributed by atoms with van der Waals surface area (Å²) in [5.41, 5.74) is 0.585. The van der Waals surface area contributed by atoms with Crippen LogP contribution in [0.25, 0.3) is 11.2 Å². The van der Waals surface area contributed by atoms with Gasteiger partial charge in [0.05, 0.1) is 11.9 Å². The first-order valence-electron chi connectivity index (χ1n) is 6.29. The van der Waals surface area contributed by atoms with Crippen molar-refractivity contribution in [2.45, 2.75) is 26.4 Å². The number of H-pyrrole nitrogens is 1. The minimum atomic E-state index is -0.801. The molecule has 3 N–H and O–H groups in total. The standard InChI is InChI=1S/C12H20N6O/c1-5-13-11-16-9-8(14-7-15-9)10(17-11)18(4)6-12(2,3)19/h7,19H,5-6H2,1-4H3,(H2,13,14,15,16,17). The fourth-order valence-corrected chi connectivity index (χ4v) is 1.99. The first-order chi connectivity index (χ1) is 8.90. The van der Waals surface area contributed by atoms with E-state index in [1.807, 2.05) is 18.9 Å². The molecule has 104 valence electrons. The van der Waals surface area contributed by atoms with Gasteiger partial charge in [-0.15, -0.1) is 0 Å². The smallest absolute Gasteiger partial charge is 0.226 e. The maximum Gasteiger partial charge on any atom is 0.226 e. The summed E-state index contributed by atoms with van der Waals surface area (Å²) >= 11 is 0. The van der Waals surface area contributed by atoms with Crippen molar-refractivity contribution in [2.75, 3.05) is 30.4 Å². The summed E-state index contributed by atoms with van der Waals surface area (Å²) in [6.07, 6.45) is 1.59. The van der Waals surface area contributed by atoms with Gasteiger partial charge in [-0.2, -0.15) is 9.97 Å². The number of anilines is 2. The highest BCUT2D eigenvalue weighted by molar-refractivity contribution is 5.84. The lowest BCUT2D eigenvalue weighted by Crippen LogP contribution is -2.36. The van der Waals surface area contributed by atoms with Crippen LogP contribution in [0.1, 0.15) is 20.8 Å². The second kappa shape index (κ2) is 5.00. The summed E-state index contributed by atoms with van der Waals surface area (Å²) in [5, 5.41) is 13.0. The van der Waals surface area contributed by atoms with E-state index < -0.39 is 5.60 Å². The van der Waals surface area contributed by atoms with Gasteiger partial charge in [-0.25, -0.2) is 4.98 Å². The molecule has 0 fully saturated rings. The van der Waals surface area contributed by atoms with Gasteiger partial charge in [0.2, 0.25) is 5.95 Å². The zero-order valence-electron chi connectivity index (χ0n) is 11.7. The first kappa shape index (κ1) is 13.5. The molecule has 19 heavy (non-hydrogen) atoms. The zero-order valence-corrected chi connectivity index (χ0v) is 11.7. The van der Waals surface area contributed by atoms with Crippen LogP contribution in [0.15, 0.2) is 6.33 Å². The Hall–Kier alpha value is -1.89. The van der Waals surface area contributed by atoms with Crippen molar-refractivity contribution in [3.8, 4) is 0 Å². The number of hydrogen-bond donors (Lipinski definition) is 3. The second-order valence-corrected chi connectivity index (χ2v) is 5.17. The van der Waals surface area contributed by atoms with Gasteiger partial charge in [-0.1, -0.05) is 0 Å². The molecule has 0 amide bonds. The van der Waals surface area contributed by atoms with Crippen LogP contribution in [0.3, 0.4) is 0 Å². The van der Waals surface area contributed by atoms with Crippen LogP contribution in [0, 0.1) is 0 Å². The summed E-state index contributed by atoms with van der Waals surface area (Å²) in [4.78, 5) is 17.9. The SMILES string of the molecule is CCNc1nc(N(C)CC(C)(C)O)c2[nH]cnc2n1. The predicted octanol–water partition coefficient (Wildman–Crippen LogP) is 0.992. The molecule has 2 aromatic rings. The Morgan fingerprint density at radius 1 is 1.42 bits per heavy atom. The average molecular weight is 264 g/mol. The maximum atomic E-state index is 9.92. The minimum Gasteiger partial charge on any atom is -0.389 e. The van der Waals surface area contributed by atoms with Crippen molar-refractivity contribution in [3.63, 3.8) is 0 Å². The Labute approximate surface area is 112 Å². The topological polar surface area (TPSA) is 90.0 Å². The van der Waals surface area contributed by atoms with E-state index in [4.69, 9.17) is 0 Å². The third kappa shape index (κ3) is 3.11. The number of nitrogens with one attached hydrogen (secondary N) is 2. The van der Waals surface area contributed by atoms with E-state index in [-0.39, 0.29) is 0 Å². The van der Waals surface area contributed by atoms with Crippen molar-refractivity contribution in [2.24, 2.45) is 0 Å². The van der Waals surface area contributed by atoms with Gasteiger partial charge < -0.3 is 20.3 Å². The number of aromatic nitrogens is 4. The second-order valence-electron chi connectivity index (χ2n) is 5.17. The molecule has 0 radical (unpaired) electrons. The van der Waals surface area contributed by atoms with Crippen molar-refractivity contribution < 1.29 is 5.11 Å². The third-order valence-corrected chi connectivity index (χ3v) is 2.59. The number of nitrogens with zero attached hydrogens (tertiary/aromatic N) is 4. The number of rotatable bonds is 5. The van der Waals surface area contributed by atoms with Crippen molar-refractivity contribution in [1.29, 1.82) is 0 Å². The molecule has 0 atom stereocenters. The fraction of sp³-hybridized carbons (Fsp3) is 0.583. The Balaban J connectivity index is 2.42. The summed E-state index contributed by atoms with van der Waals surface area (Å²) in [6, 6.07) is 0. The molecule has 0 bridgehead atoms. The molecule has 0 aliphatic rings. The molecule has 2 rings (SSSR count). The monoisotopic (exact) mass is 264 g/mol. The highest BCUT2D eigenvalue weighted by Gasteiger charge is 2.20. The Morgan fingerprint density at radius 3 is 2.79 bits per heavy atom. The molecule has 7 nitrogen and oxygen atoms in total. The molecule has 0 aliphatic carbocycles. The number of aromatic amines is 1. The highest BCUT2D eigenvalue weighted by Crippen LogP contribution is 2.22. The molecule has 0 saturated heterocycles. The Bertz CT molecular complexity index is 559. The molecule has 2 aromatic heterocycles. The third-order valence-electron chi connectivity index (χ3n) is 2.59. The van der Waals surface area contributed by atoms with Crippen LogP contribution in [0.2, 0.25) is 0 Å². The van der Waals surface area contributed by atoms with Gasteiger partial charge in [-0.3, -0.25) is 0 Å². The normalized spacial score (nSPS) is 11.8. The van der Waals surface area contributed by atoms with E-state index in [0.29, 0.717) is 18.1 Å². The summed E-state index contributed by atoms with van der Waals surface area (Å²) in [7, 11) is 1.89.